The highest BCUT2D eigenvalue weighted by Crippen LogP contribution is 2.29. The minimum Gasteiger partial charge on any atom is -0.355 e. The Morgan fingerprint density at radius 1 is 1.05 bits per heavy atom. The van der Waals surface area contributed by atoms with Crippen molar-refractivity contribution in [3.8, 4) is 10.6 Å². The lowest BCUT2D eigenvalue weighted by Crippen LogP contribution is -2.48. The van der Waals surface area contributed by atoms with E-state index in [0.29, 0.717) is 19.6 Å². The van der Waals surface area contributed by atoms with Gasteiger partial charge in [0.2, 0.25) is 5.91 Å². The molecule has 0 atom stereocenters. The number of amides is 2. The summed E-state index contributed by atoms with van der Waals surface area (Å²) in [4.78, 5) is 32.8. The first-order valence-electron chi connectivity index (χ1n) is 13.0. The molecule has 2 heterocycles. The van der Waals surface area contributed by atoms with Crippen molar-refractivity contribution in [3.05, 3.63) is 70.2 Å². The molecular weight excluding hydrogens is 482 g/mol. The van der Waals surface area contributed by atoms with Gasteiger partial charge < -0.3 is 10.2 Å². The molecule has 196 valence electrons. The summed E-state index contributed by atoms with van der Waals surface area (Å²) in [5.41, 5.74) is 6.42. The van der Waals surface area contributed by atoms with Crippen molar-refractivity contribution < 1.29 is 9.59 Å². The number of rotatable bonds is 11. The minimum atomic E-state index is -0.0702. The van der Waals surface area contributed by atoms with Gasteiger partial charge in [-0.25, -0.2) is 9.99 Å². The SMILES string of the molecule is CCCCCNC(=O)CN(CC(=O)N(C)N1Cc2ccccc2C1)c1ccc(-c2nc(C)cs2)cc1C. The maximum Gasteiger partial charge on any atom is 0.256 e. The number of hydrogen-bond donors (Lipinski definition) is 1. The van der Waals surface area contributed by atoms with Crippen LogP contribution in [0.1, 0.15) is 48.6 Å². The molecule has 0 spiro atoms. The van der Waals surface area contributed by atoms with Gasteiger partial charge in [0, 0.05) is 49.0 Å². The average molecular weight is 520 g/mol. The van der Waals surface area contributed by atoms with Crippen molar-refractivity contribution in [1.29, 1.82) is 0 Å². The molecule has 4 rings (SSSR count). The number of unbranched alkanes of at least 4 members (excludes halogenated alkanes) is 2. The molecule has 0 saturated carbocycles. The van der Waals surface area contributed by atoms with Crippen molar-refractivity contribution in [3.63, 3.8) is 0 Å². The normalized spacial score (nSPS) is 12.9. The number of fused-ring (bicyclic) bond motifs is 1. The monoisotopic (exact) mass is 519 g/mol. The van der Waals surface area contributed by atoms with Gasteiger partial charge in [-0.05, 0) is 55.2 Å². The number of nitrogens with zero attached hydrogens (tertiary/aromatic N) is 4. The number of carbonyl (C=O) groups is 2. The van der Waals surface area contributed by atoms with Crippen molar-refractivity contribution in [2.75, 3.05) is 31.6 Å². The molecule has 37 heavy (non-hydrogen) atoms. The summed E-state index contributed by atoms with van der Waals surface area (Å²) in [6, 6.07) is 14.4. The first kappa shape index (κ1) is 26.8. The van der Waals surface area contributed by atoms with Crippen LogP contribution < -0.4 is 10.2 Å². The number of aryl methyl sites for hydroxylation is 2. The molecule has 1 aliphatic heterocycles. The molecular formula is C29H37N5O2S. The van der Waals surface area contributed by atoms with E-state index in [2.05, 4.69) is 40.4 Å². The van der Waals surface area contributed by atoms with Gasteiger partial charge in [0.25, 0.3) is 5.91 Å². The molecule has 3 aromatic rings. The average Bonchev–Trinajstić information content (AvgIpc) is 3.52. The van der Waals surface area contributed by atoms with Crippen LogP contribution in [-0.2, 0) is 22.7 Å². The molecule has 0 bridgehead atoms. The Morgan fingerprint density at radius 3 is 2.41 bits per heavy atom. The lowest BCUT2D eigenvalue weighted by molar-refractivity contribution is -0.145. The largest absolute Gasteiger partial charge is 0.355 e. The lowest BCUT2D eigenvalue weighted by Gasteiger charge is -2.32. The van der Waals surface area contributed by atoms with E-state index < -0.39 is 0 Å². The third-order valence-electron chi connectivity index (χ3n) is 6.78. The highest BCUT2D eigenvalue weighted by molar-refractivity contribution is 7.13. The van der Waals surface area contributed by atoms with E-state index in [0.717, 1.165) is 46.8 Å². The Balaban J connectivity index is 1.50. The number of aromatic nitrogens is 1. The zero-order chi connectivity index (χ0) is 26.4. The van der Waals surface area contributed by atoms with Crippen LogP contribution in [0, 0.1) is 13.8 Å². The second-order valence-electron chi connectivity index (χ2n) is 9.72. The van der Waals surface area contributed by atoms with Crippen LogP contribution in [0.25, 0.3) is 10.6 Å². The predicted octanol–water partition coefficient (Wildman–Crippen LogP) is 4.93. The molecule has 0 radical (unpaired) electrons. The number of hydrogen-bond acceptors (Lipinski definition) is 6. The lowest BCUT2D eigenvalue weighted by atomic mass is 10.1. The Bertz CT molecular complexity index is 1220. The van der Waals surface area contributed by atoms with E-state index in [9.17, 15) is 9.59 Å². The fourth-order valence-electron chi connectivity index (χ4n) is 4.64. The summed E-state index contributed by atoms with van der Waals surface area (Å²) in [5, 5.41) is 9.79. The molecule has 2 amide bonds. The first-order chi connectivity index (χ1) is 17.9. The van der Waals surface area contributed by atoms with Gasteiger partial charge in [-0.2, -0.15) is 0 Å². The van der Waals surface area contributed by atoms with Crippen molar-refractivity contribution in [2.45, 2.75) is 53.1 Å². The maximum atomic E-state index is 13.5. The Morgan fingerprint density at radius 2 is 1.78 bits per heavy atom. The number of anilines is 1. The molecule has 0 unspecified atom stereocenters. The highest BCUT2D eigenvalue weighted by Gasteiger charge is 2.27. The van der Waals surface area contributed by atoms with Crippen LogP contribution in [0.15, 0.2) is 47.8 Å². The first-order valence-corrected chi connectivity index (χ1v) is 13.9. The van der Waals surface area contributed by atoms with Crippen LogP contribution in [0.4, 0.5) is 5.69 Å². The summed E-state index contributed by atoms with van der Waals surface area (Å²) in [5.74, 6) is -0.121. The molecule has 8 heteroatoms. The smallest absolute Gasteiger partial charge is 0.256 e. The Kier molecular flexibility index (Phi) is 8.95. The topological polar surface area (TPSA) is 68.8 Å². The quantitative estimate of drug-likeness (QED) is 0.364. The number of thiazole rings is 1. The summed E-state index contributed by atoms with van der Waals surface area (Å²) >= 11 is 1.62. The van der Waals surface area contributed by atoms with E-state index >= 15 is 0 Å². The number of nitrogens with one attached hydrogen (secondary N) is 1. The summed E-state index contributed by atoms with van der Waals surface area (Å²) in [7, 11) is 1.82. The van der Waals surface area contributed by atoms with Gasteiger partial charge in [-0.15, -0.1) is 11.3 Å². The van der Waals surface area contributed by atoms with E-state index in [1.54, 1.807) is 16.3 Å². The molecule has 0 fully saturated rings. The zero-order valence-electron chi connectivity index (χ0n) is 22.3. The summed E-state index contributed by atoms with van der Waals surface area (Å²) < 4.78 is 0. The standard InChI is InChI=1S/C29H37N5O2S/c1-5-6-9-14-30-27(35)18-33(26-13-12-23(15-21(26)2)29-31-22(3)20-37-29)19-28(36)32(4)34-16-24-10-7-8-11-25(24)17-34/h7-8,10-13,15,20H,5-6,9,14,16-19H2,1-4H3,(H,30,35). The van der Waals surface area contributed by atoms with Crippen LogP contribution in [0.3, 0.4) is 0 Å². The van der Waals surface area contributed by atoms with Crippen LogP contribution >= 0.6 is 11.3 Å². The Hall–Kier alpha value is -3.23. The van der Waals surface area contributed by atoms with E-state index in [1.165, 1.54) is 11.1 Å². The fraction of sp³-hybridized carbons (Fsp3) is 0.414. The van der Waals surface area contributed by atoms with E-state index in [1.807, 2.05) is 55.4 Å². The van der Waals surface area contributed by atoms with E-state index in [4.69, 9.17) is 0 Å². The van der Waals surface area contributed by atoms with Gasteiger partial charge in [0.05, 0.1) is 13.1 Å². The van der Waals surface area contributed by atoms with Crippen molar-refractivity contribution >= 4 is 28.8 Å². The molecule has 0 aliphatic carbocycles. The van der Waals surface area contributed by atoms with Gasteiger partial charge in [-0.1, -0.05) is 44.0 Å². The molecule has 7 nitrogen and oxygen atoms in total. The molecule has 1 aliphatic rings. The van der Waals surface area contributed by atoms with Gasteiger partial charge in [-0.3, -0.25) is 14.6 Å². The van der Waals surface area contributed by atoms with Gasteiger partial charge in [0.15, 0.2) is 0 Å². The van der Waals surface area contributed by atoms with E-state index in [-0.39, 0.29) is 24.9 Å². The Labute approximate surface area is 224 Å². The number of hydrazine groups is 1. The van der Waals surface area contributed by atoms with Crippen molar-refractivity contribution in [2.24, 2.45) is 0 Å². The summed E-state index contributed by atoms with van der Waals surface area (Å²) in [6.07, 6.45) is 3.15. The molecule has 2 aromatic carbocycles. The third-order valence-corrected chi connectivity index (χ3v) is 7.79. The fourth-order valence-corrected chi connectivity index (χ4v) is 5.43. The van der Waals surface area contributed by atoms with Crippen LogP contribution in [-0.4, -0.2) is 53.5 Å². The second-order valence-corrected chi connectivity index (χ2v) is 10.6. The second kappa shape index (κ2) is 12.3. The zero-order valence-corrected chi connectivity index (χ0v) is 23.1. The maximum absolute atomic E-state index is 13.5. The number of likely N-dealkylation sites (N-methyl/N-ethyl adjacent to an activating group) is 1. The van der Waals surface area contributed by atoms with Gasteiger partial charge in [0.1, 0.15) is 5.01 Å². The number of benzene rings is 2. The van der Waals surface area contributed by atoms with Crippen LogP contribution in [0.2, 0.25) is 0 Å². The number of carbonyl (C=O) groups excluding carboxylic acids is 2. The minimum absolute atomic E-state index is 0.0504. The highest BCUT2D eigenvalue weighted by atomic mass is 32.1. The molecule has 1 N–H and O–H groups in total. The van der Waals surface area contributed by atoms with Crippen molar-refractivity contribution in [1.82, 2.24) is 20.3 Å². The molecule has 1 aromatic heterocycles. The van der Waals surface area contributed by atoms with Gasteiger partial charge >= 0.3 is 0 Å². The predicted molar refractivity (Wildman–Crippen MR) is 150 cm³/mol. The summed E-state index contributed by atoms with van der Waals surface area (Å²) in [6.45, 7) is 8.46. The molecule has 0 saturated heterocycles. The third kappa shape index (κ3) is 6.76. The van der Waals surface area contributed by atoms with Crippen LogP contribution in [0.5, 0.6) is 0 Å².